The maximum Gasteiger partial charge on any atom is 0.0730 e. The van der Waals surface area contributed by atoms with Crippen LogP contribution < -0.4 is 5.32 Å². The Bertz CT molecular complexity index is 286. The zero-order valence-electron chi connectivity index (χ0n) is 12.5. The summed E-state index contributed by atoms with van der Waals surface area (Å²) < 4.78 is 6.01. The lowest BCUT2D eigenvalue weighted by molar-refractivity contribution is -0.0984. The summed E-state index contributed by atoms with van der Waals surface area (Å²) in [5.74, 6) is 0. The van der Waals surface area contributed by atoms with Gasteiger partial charge in [-0.25, -0.2) is 0 Å². The molecule has 0 aromatic carbocycles. The Kier molecular flexibility index (Phi) is 4.45. The molecule has 110 valence electrons. The highest BCUT2D eigenvalue weighted by Gasteiger charge is 2.40. The largest absolute Gasteiger partial charge is 0.375 e. The molecular weight excluding hydrogens is 236 g/mol. The van der Waals surface area contributed by atoms with Crippen molar-refractivity contribution in [3.05, 3.63) is 0 Å². The van der Waals surface area contributed by atoms with Gasteiger partial charge in [0.1, 0.15) is 0 Å². The number of fused-ring (bicyclic) bond motifs is 1. The quantitative estimate of drug-likeness (QED) is 0.846. The maximum absolute atomic E-state index is 6.01. The van der Waals surface area contributed by atoms with E-state index in [2.05, 4.69) is 17.3 Å². The van der Waals surface area contributed by atoms with E-state index in [0.29, 0.717) is 11.5 Å². The van der Waals surface area contributed by atoms with Crippen molar-refractivity contribution in [2.24, 2.45) is 5.41 Å². The minimum absolute atomic E-state index is 0.538. The molecule has 2 saturated carbocycles. The standard InChI is InChI=1S/C16H30N2O/c1-17-12-16(8-4-5-9-16)13-18-10-11-19-15-7-3-2-6-14(15)18/h14-15,17H,2-13H2,1H3. The highest BCUT2D eigenvalue weighted by molar-refractivity contribution is 4.94. The van der Waals surface area contributed by atoms with Gasteiger partial charge < -0.3 is 10.1 Å². The summed E-state index contributed by atoms with van der Waals surface area (Å²) in [6, 6.07) is 0.719. The second kappa shape index (κ2) is 6.11. The van der Waals surface area contributed by atoms with E-state index in [1.54, 1.807) is 0 Å². The Labute approximate surface area is 118 Å². The van der Waals surface area contributed by atoms with Crippen LogP contribution in [0.5, 0.6) is 0 Å². The fraction of sp³-hybridized carbons (Fsp3) is 1.00. The van der Waals surface area contributed by atoms with Crippen LogP contribution in [-0.4, -0.2) is 50.3 Å². The average Bonchev–Trinajstić information content (AvgIpc) is 2.88. The summed E-state index contributed by atoms with van der Waals surface area (Å²) >= 11 is 0. The summed E-state index contributed by atoms with van der Waals surface area (Å²) in [6.45, 7) is 4.61. The number of ether oxygens (including phenoxy) is 1. The summed E-state index contributed by atoms with van der Waals surface area (Å²) in [7, 11) is 2.11. The first-order valence-electron chi connectivity index (χ1n) is 8.33. The van der Waals surface area contributed by atoms with Gasteiger partial charge >= 0.3 is 0 Å². The Morgan fingerprint density at radius 3 is 2.74 bits per heavy atom. The molecule has 0 spiro atoms. The fourth-order valence-electron chi connectivity index (χ4n) is 4.69. The lowest BCUT2D eigenvalue weighted by atomic mass is 9.83. The molecule has 0 bridgehead atoms. The van der Waals surface area contributed by atoms with Crippen LogP contribution in [0.4, 0.5) is 0 Å². The normalized spacial score (nSPS) is 35.2. The molecule has 3 rings (SSSR count). The first kappa shape index (κ1) is 13.8. The van der Waals surface area contributed by atoms with E-state index in [-0.39, 0.29) is 0 Å². The number of nitrogens with one attached hydrogen (secondary N) is 1. The van der Waals surface area contributed by atoms with Crippen LogP contribution in [0.2, 0.25) is 0 Å². The molecule has 0 aromatic heterocycles. The minimum Gasteiger partial charge on any atom is -0.375 e. The van der Waals surface area contributed by atoms with Crippen LogP contribution in [0.25, 0.3) is 0 Å². The molecule has 1 saturated heterocycles. The van der Waals surface area contributed by atoms with Crippen molar-refractivity contribution >= 4 is 0 Å². The van der Waals surface area contributed by atoms with Gasteiger partial charge in [-0.3, -0.25) is 4.90 Å². The van der Waals surface area contributed by atoms with Gasteiger partial charge in [0.2, 0.25) is 0 Å². The Hall–Kier alpha value is -0.120. The predicted molar refractivity (Wildman–Crippen MR) is 78.4 cm³/mol. The van der Waals surface area contributed by atoms with Gasteiger partial charge in [-0.15, -0.1) is 0 Å². The van der Waals surface area contributed by atoms with Gasteiger partial charge in [0.05, 0.1) is 12.7 Å². The molecule has 0 aromatic rings. The summed E-state index contributed by atoms with van der Waals surface area (Å²) in [5.41, 5.74) is 0.550. The van der Waals surface area contributed by atoms with Crippen molar-refractivity contribution < 1.29 is 4.74 Å². The van der Waals surface area contributed by atoms with Crippen LogP contribution >= 0.6 is 0 Å². The Morgan fingerprint density at radius 2 is 1.95 bits per heavy atom. The summed E-state index contributed by atoms with van der Waals surface area (Å²) in [4.78, 5) is 2.79. The van der Waals surface area contributed by atoms with Crippen molar-refractivity contribution in [2.75, 3.05) is 33.3 Å². The summed E-state index contributed by atoms with van der Waals surface area (Å²) in [5, 5.41) is 3.45. The molecule has 2 atom stereocenters. The van der Waals surface area contributed by atoms with Crippen LogP contribution in [0.3, 0.4) is 0 Å². The number of morpholine rings is 1. The molecule has 19 heavy (non-hydrogen) atoms. The fourth-order valence-corrected chi connectivity index (χ4v) is 4.69. The van der Waals surface area contributed by atoms with E-state index in [4.69, 9.17) is 4.74 Å². The van der Waals surface area contributed by atoms with Crippen LogP contribution in [-0.2, 0) is 4.74 Å². The van der Waals surface area contributed by atoms with E-state index in [0.717, 1.165) is 19.2 Å². The van der Waals surface area contributed by atoms with Crippen molar-refractivity contribution in [2.45, 2.75) is 63.5 Å². The van der Waals surface area contributed by atoms with Crippen LogP contribution in [0.1, 0.15) is 51.4 Å². The molecule has 2 unspecified atom stereocenters. The molecular formula is C16H30N2O. The highest BCUT2D eigenvalue weighted by atomic mass is 16.5. The number of hydrogen-bond acceptors (Lipinski definition) is 3. The molecule has 2 aliphatic carbocycles. The molecule has 3 nitrogen and oxygen atoms in total. The lowest BCUT2D eigenvalue weighted by Gasteiger charge is -2.47. The molecule has 0 radical (unpaired) electrons. The molecule has 1 aliphatic heterocycles. The van der Waals surface area contributed by atoms with Crippen LogP contribution in [0.15, 0.2) is 0 Å². The van der Waals surface area contributed by atoms with Crippen molar-refractivity contribution in [3.63, 3.8) is 0 Å². The van der Waals surface area contributed by atoms with E-state index in [1.807, 2.05) is 0 Å². The van der Waals surface area contributed by atoms with E-state index < -0.39 is 0 Å². The molecule has 1 heterocycles. The SMILES string of the molecule is CNCC1(CN2CCOC3CCCCC32)CCCC1. The first-order chi connectivity index (χ1) is 9.33. The van der Waals surface area contributed by atoms with E-state index >= 15 is 0 Å². The molecule has 3 heteroatoms. The zero-order chi connectivity index (χ0) is 13.1. The summed E-state index contributed by atoms with van der Waals surface area (Å²) in [6.07, 6.45) is 11.7. The smallest absolute Gasteiger partial charge is 0.0730 e. The van der Waals surface area contributed by atoms with Crippen molar-refractivity contribution in [1.29, 1.82) is 0 Å². The van der Waals surface area contributed by atoms with Gasteiger partial charge in [0.25, 0.3) is 0 Å². The Balaban J connectivity index is 1.66. The van der Waals surface area contributed by atoms with E-state index in [1.165, 1.54) is 64.5 Å². The van der Waals surface area contributed by atoms with Gasteiger partial charge in [0, 0.05) is 25.7 Å². The minimum atomic E-state index is 0.538. The number of nitrogens with zero attached hydrogens (tertiary/aromatic N) is 1. The van der Waals surface area contributed by atoms with Crippen molar-refractivity contribution in [3.8, 4) is 0 Å². The van der Waals surface area contributed by atoms with Gasteiger partial charge in [0.15, 0.2) is 0 Å². The van der Waals surface area contributed by atoms with Gasteiger partial charge in [-0.1, -0.05) is 25.7 Å². The lowest BCUT2D eigenvalue weighted by Crippen LogP contribution is -2.56. The maximum atomic E-state index is 6.01. The molecule has 3 aliphatic rings. The molecule has 3 fully saturated rings. The third-order valence-electron chi connectivity index (χ3n) is 5.60. The monoisotopic (exact) mass is 266 g/mol. The second-order valence-corrected chi connectivity index (χ2v) is 6.97. The molecule has 1 N–H and O–H groups in total. The number of hydrogen-bond donors (Lipinski definition) is 1. The number of rotatable bonds is 4. The highest BCUT2D eigenvalue weighted by Crippen LogP contribution is 2.40. The average molecular weight is 266 g/mol. The molecule has 0 amide bonds. The predicted octanol–water partition coefficient (Wildman–Crippen LogP) is 2.41. The Morgan fingerprint density at radius 1 is 1.16 bits per heavy atom. The van der Waals surface area contributed by atoms with E-state index in [9.17, 15) is 0 Å². The second-order valence-electron chi connectivity index (χ2n) is 6.97. The topological polar surface area (TPSA) is 24.5 Å². The third-order valence-corrected chi connectivity index (χ3v) is 5.60. The third kappa shape index (κ3) is 2.98. The van der Waals surface area contributed by atoms with Crippen molar-refractivity contribution in [1.82, 2.24) is 10.2 Å². The van der Waals surface area contributed by atoms with Gasteiger partial charge in [-0.05, 0) is 38.1 Å². The van der Waals surface area contributed by atoms with Gasteiger partial charge in [-0.2, -0.15) is 0 Å². The van der Waals surface area contributed by atoms with Crippen LogP contribution in [0, 0.1) is 5.41 Å². The zero-order valence-corrected chi connectivity index (χ0v) is 12.5. The first-order valence-corrected chi connectivity index (χ1v) is 8.33.